The summed E-state index contributed by atoms with van der Waals surface area (Å²) >= 11 is 0. The Kier molecular flexibility index (Phi) is 5.99. The van der Waals surface area contributed by atoms with Crippen LogP contribution in [0.4, 0.5) is 13.6 Å². The van der Waals surface area contributed by atoms with Gasteiger partial charge in [0.15, 0.2) is 0 Å². The minimum Gasteiger partial charge on any atom is -0.336 e. The summed E-state index contributed by atoms with van der Waals surface area (Å²) in [6.07, 6.45) is 1.13. The highest BCUT2D eigenvalue weighted by Crippen LogP contribution is 2.10. The van der Waals surface area contributed by atoms with Crippen LogP contribution in [0.3, 0.4) is 0 Å². The van der Waals surface area contributed by atoms with Crippen molar-refractivity contribution in [2.45, 2.75) is 19.9 Å². The van der Waals surface area contributed by atoms with Crippen LogP contribution < -0.4 is 16.2 Å². The fourth-order valence-corrected chi connectivity index (χ4v) is 2.19. The first kappa shape index (κ1) is 18.3. The first-order valence-electron chi connectivity index (χ1n) is 7.54. The number of urea groups is 1. The summed E-state index contributed by atoms with van der Waals surface area (Å²) in [7, 11) is 0. The zero-order chi connectivity index (χ0) is 18.4. The number of aromatic nitrogens is 1. The van der Waals surface area contributed by atoms with Crippen LogP contribution in [-0.2, 0) is 17.8 Å². The van der Waals surface area contributed by atoms with E-state index in [2.05, 4.69) is 5.32 Å². The summed E-state index contributed by atoms with van der Waals surface area (Å²) in [5, 5.41) is 4.44. The zero-order valence-electron chi connectivity index (χ0n) is 13.5. The number of halogens is 2. The highest BCUT2D eigenvalue weighted by atomic mass is 19.1. The Bertz CT molecular complexity index is 849. The van der Waals surface area contributed by atoms with Gasteiger partial charge in [-0.3, -0.25) is 14.9 Å². The van der Waals surface area contributed by atoms with E-state index in [1.54, 1.807) is 25.3 Å². The van der Waals surface area contributed by atoms with E-state index in [1.807, 2.05) is 5.32 Å². The van der Waals surface area contributed by atoms with Gasteiger partial charge in [0.25, 0.3) is 5.56 Å². The molecule has 1 aromatic heterocycles. The van der Waals surface area contributed by atoms with Crippen molar-refractivity contribution in [3.05, 3.63) is 69.6 Å². The minimum atomic E-state index is -0.775. The SMILES string of the molecule is Cc1cccn(CCNC(=O)NC(=O)Cc2cc(F)ccc2F)c1=O. The molecule has 6 nitrogen and oxygen atoms in total. The van der Waals surface area contributed by atoms with Crippen LogP contribution in [0.25, 0.3) is 0 Å². The Hall–Kier alpha value is -3.03. The maximum absolute atomic E-state index is 13.4. The van der Waals surface area contributed by atoms with Gasteiger partial charge >= 0.3 is 6.03 Å². The van der Waals surface area contributed by atoms with E-state index in [0.717, 1.165) is 18.2 Å². The summed E-state index contributed by atoms with van der Waals surface area (Å²) < 4.78 is 27.9. The van der Waals surface area contributed by atoms with E-state index < -0.39 is 30.0 Å². The molecule has 0 bridgehead atoms. The molecule has 2 aromatic rings. The van der Waals surface area contributed by atoms with Crippen LogP contribution in [0.5, 0.6) is 0 Å². The number of carbonyl (C=O) groups is 2. The molecule has 3 amide bonds. The highest BCUT2D eigenvalue weighted by molar-refractivity contribution is 5.95. The van der Waals surface area contributed by atoms with Gasteiger partial charge in [-0.15, -0.1) is 0 Å². The average molecular weight is 349 g/mol. The van der Waals surface area contributed by atoms with Crippen LogP contribution >= 0.6 is 0 Å². The molecule has 0 saturated carbocycles. The van der Waals surface area contributed by atoms with Gasteiger partial charge in [0.2, 0.25) is 5.91 Å². The van der Waals surface area contributed by atoms with Crippen molar-refractivity contribution >= 4 is 11.9 Å². The third kappa shape index (κ3) is 5.23. The first-order chi connectivity index (χ1) is 11.9. The molecule has 0 aliphatic heterocycles. The highest BCUT2D eigenvalue weighted by Gasteiger charge is 2.12. The van der Waals surface area contributed by atoms with Crippen molar-refractivity contribution in [2.75, 3.05) is 6.54 Å². The van der Waals surface area contributed by atoms with Crippen LogP contribution in [0.1, 0.15) is 11.1 Å². The Labute approximate surface area is 142 Å². The van der Waals surface area contributed by atoms with Crippen LogP contribution in [0.15, 0.2) is 41.3 Å². The molecule has 0 atom stereocenters. The molecular formula is C17H17F2N3O3. The van der Waals surface area contributed by atoms with Crippen molar-refractivity contribution < 1.29 is 18.4 Å². The van der Waals surface area contributed by atoms with Crippen molar-refractivity contribution in [3.63, 3.8) is 0 Å². The van der Waals surface area contributed by atoms with E-state index >= 15 is 0 Å². The van der Waals surface area contributed by atoms with Crippen molar-refractivity contribution in [3.8, 4) is 0 Å². The minimum absolute atomic E-state index is 0.122. The molecular weight excluding hydrogens is 332 g/mol. The molecule has 0 fully saturated rings. The van der Waals surface area contributed by atoms with Gasteiger partial charge in [-0.25, -0.2) is 13.6 Å². The molecule has 0 aliphatic rings. The quantitative estimate of drug-likeness (QED) is 0.859. The molecule has 25 heavy (non-hydrogen) atoms. The second kappa shape index (κ2) is 8.18. The van der Waals surface area contributed by atoms with Gasteiger partial charge in [-0.2, -0.15) is 0 Å². The summed E-state index contributed by atoms with van der Waals surface area (Å²) in [4.78, 5) is 35.1. The Morgan fingerprint density at radius 3 is 2.72 bits per heavy atom. The number of nitrogens with zero attached hydrogens (tertiary/aromatic N) is 1. The van der Waals surface area contributed by atoms with Crippen molar-refractivity contribution in [1.29, 1.82) is 0 Å². The van der Waals surface area contributed by atoms with E-state index in [4.69, 9.17) is 0 Å². The molecule has 132 valence electrons. The topological polar surface area (TPSA) is 80.2 Å². The average Bonchev–Trinajstić information content (AvgIpc) is 2.55. The predicted octanol–water partition coefficient (Wildman–Crippen LogP) is 1.50. The molecule has 0 radical (unpaired) electrons. The van der Waals surface area contributed by atoms with E-state index in [1.165, 1.54) is 4.57 Å². The number of hydrogen-bond acceptors (Lipinski definition) is 3. The van der Waals surface area contributed by atoms with Gasteiger partial charge in [0.05, 0.1) is 6.42 Å². The molecule has 2 rings (SSSR count). The molecule has 2 N–H and O–H groups in total. The van der Waals surface area contributed by atoms with Crippen molar-refractivity contribution in [2.24, 2.45) is 0 Å². The summed E-state index contributed by atoms with van der Waals surface area (Å²) in [5.41, 5.74) is 0.276. The van der Waals surface area contributed by atoms with E-state index in [0.29, 0.717) is 5.56 Å². The largest absolute Gasteiger partial charge is 0.336 e. The third-order valence-corrected chi connectivity index (χ3v) is 3.46. The van der Waals surface area contributed by atoms with Gasteiger partial charge in [0.1, 0.15) is 11.6 Å². The lowest BCUT2D eigenvalue weighted by molar-refractivity contribution is -0.119. The molecule has 0 unspecified atom stereocenters. The Morgan fingerprint density at radius 1 is 1.20 bits per heavy atom. The smallest absolute Gasteiger partial charge is 0.321 e. The van der Waals surface area contributed by atoms with Gasteiger partial charge in [0, 0.05) is 30.4 Å². The van der Waals surface area contributed by atoms with Gasteiger partial charge in [-0.1, -0.05) is 6.07 Å². The summed E-state index contributed by atoms with van der Waals surface area (Å²) in [6, 6.07) is 5.38. The number of aryl methyl sites for hydroxylation is 1. The molecule has 0 saturated heterocycles. The Balaban J connectivity index is 1.81. The lowest BCUT2D eigenvalue weighted by Gasteiger charge is -2.09. The predicted molar refractivity (Wildman–Crippen MR) is 87.0 cm³/mol. The van der Waals surface area contributed by atoms with Crippen LogP contribution in [0, 0.1) is 18.6 Å². The molecule has 0 aliphatic carbocycles. The zero-order valence-corrected chi connectivity index (χ0v) is 13.5. The maximum Gasteiger partial charge on any atom is 0.321 e. The summed E-state index contributed by atoms with van der Waals surface area (Å²) in [6.45, 7) is 2.04. The second-order valence-corrected chi connectivity index (χ2v) is 5.41. The number of nitrogens with one attached hydrogen (secondary N) is 2. The lowest BCUT2D eigenvalue weighted by Crippen LogP contribution is -2.42. The molecule has 0 spiro atoms. The normalized spacial score (nSPS) is 10.4. The van der Waals surface area contributed by atoms with E-state index in [-0.39, 0.29) is 24.2 Å². The van der Waals surface area contributed by atoms with Crippen LogP contribution in [-0.4, -0.2) is 23.1 Å². The molecule has 1 heterocycles. The fraction of sp³-hybridized carbons (Fsp3) is 0.235. The number of carbonyl (C=O) groups excluding carboxylic acids is 2. The third-order valence-electron chi connectivity index (χ3n) is 3.46. The van der Waals surface area contributed by atoms with Gasteiger partial charge in [-0.05, 0) is 31.2 Å². The molecule has 1 aromatic carbocycles. The van der Waals surface area contributed by atoms with Gasteiger partial charge < -0.3 is 9.88 Å². The monoisotopic (exact) mass is 349 g/mol. The fourth-order valence-electron chi connectivity index (χ4n) is 2.19. The standard InChI is InChI=1S/C17H17F2N3O3/c1-11-3-2-7-22(16(11)24)8-6-20-17(25)21-15(23)10-12-9-13(18)4-5-14(12)19/h2-5,7,9H,6,8,10H2,1H3,(H2,20,21,23,25). The number of hydrogen-bond donors (Lipinski definition) is 2. The number of benzene rings is 1. The number of pyridine rings is 1. The number of imide groups is 1. The number of rotatable bonds is 5. The van der Waals surface area contributed by atoms with Crippen molar-refractivity contribution in [1.82, 2.24) is 15.2 Å². The second-order valence-electron chi connectivity index (χ2n) is 5.41. The lowest BCUT2D eigenvalue weighted by atomic mass is 10.1. The summed E-state index contributed by atoms with van der Waals surface area (Å²) in [5.74, 6) is -2.16. The number of amides is 3. The molecule has 8 heteroatoms. The Morgan fingerprint density at radius 2 is 1.96 bits per heavy atom. The van der Waals surface area contributed by atoms with Crippen LogP contribution in [0.2, 0.25) is 0 Å². The maximum atomic E-state index is 13.4. The van der Waals surface area contributed by atoms with E-state index in [9.17, 15) is 23.2 Å². The first-order valence-corrected chi connectivity index (χ1v) is 7.54.